The smallest absolute Gasteiger partial charge is 0.323 e. The molecule has 1 amide bonds. The minimum atomic E-state index is -1.07. The fourth-order valence-electron chi connectivity index (χ4n) is 6.96. The number of aryl methyl sites for hydroxylation is 1. The van der Waals surface area contributed by atoms with E-state index in [4.69, 9.17) is 21.1 Å². The summed E-state index contributed by atoms with van der Waals surface area (Å²) in [6.45, 7) is 4.01. The lowest BCUT2D eigenvalue weighted by atomic mass is 9.68. The van der Waals surface area contributed by atoms with E-state index in [2.05, 4.69) is 38.1 Å². The first-order valence-electron chi connectivity index (χ1n) is 14.5. The van der Waals surface area contributed by atoms with Crippen molar-refractivity contribution in [2.75, 3.05) is 6.54 Å². The molecule has 1 saturated heterocycles. The van der Waals surface area contributed by atoms with E-state index < -0.39 is 18.1 Å². The Balaban J connectivity index is 1.32. The van der Waals surface area contributed by atoms with Crippen LogP contribution in [0.5, 0.6) is 5.75 Å². The fourth-order valence-corrected chi connectivity index (χ4v) is 7.08. The number of fused-ring (bicyclic) bond motifs is 6. The SMILES string of the molecule is CC1(C)Oc2ccc(C(=O)N(CC(=O)O)Cc3ccc(Cl)cc3)cc2[C@@H]2O[C@@H]3CCCCc4ccccc4[C@@H]3C[C@H]21. The van der Waals surface area contributed by atoms with Gasteiger partial charge in [0.25, 0.3) is 5.91 Å². The normalized spacial score (nSPS) is 24.3. The van der Waals surface area contributed by atoms with Gasteiger partial charge >= 0.3 is 5.97 Å². The summed E-state index contributed by atoms with van der Waals surface area (Å²) in [4.78, 5) is 26.8. The highest BCUT2D eigenvalue weighted by Crippen LogP contribution is 2.55. The molecule has 0 radical (unpaired) electrons. The largest absolute Gasteiger partial charge is 0.487 e. The number of benzene rings is 3. The molecule has 6 rings (SSSR count). The molecule has 0 spiro atoms. The molecular formula is C34H36ClNO5. The average molecular weight is 574 g/mol. The number of carbonyl (C=O) groups is 2. The highest BCUT2D eigenvalue weighted by atomic mass is 35.5. The quantitative estimate of drug-likeness (QED) is 0.349. The lowest BCUT2D eigenvalue weighted by molar-refractivity contribution is -0.161. The minimum Gasteiger partial charge on any atom is -0.487 e. The molecule has 1 aliphatic carbocycles. The maximum Gasteiger partial charge on any atom is 0.323 e. The summed E-state index contributed by atoms with van der Waals surface area (Å²) < 4.78 is 13.6. The number of carboxylic acids is 1. The number of nitrogens with zero attached hydrogens (tertiary/aromatic N) is 1. The number of ether oxygens (including phenoxy) is 2. The van der Waals surface area contributed by atoms with Gasteiger partial charge in [-0.05, 0) is 86.6 Å². The monoisotopic (exact) mass is 573 g/mol. The molecule has 41 heavy (non-hydrogen) atoms. The van der Waals surface area contributed by atoms with Crippen molar-refractivity contribution < 1.29 is 24.2 Å². The number of rotatable bonds is 5. The maximum atomic E-state index is 13.7. The predicted molar refractivity (Wildman–Crippen MR) is 157 cm³/mol. The van der Waals surface area contributed by atoms with Gasteiger partial charge in [0.2, 0.25) is 0 Å². The van der Waals surface area contributed by atoms with Crippen LogP contribution in [0.1, 0.15) is 84.2 Å². The Bertz CT molecular complexity index is 1450. The summed E-state index contributed by atoms with van der Waals surface area (Å²) in [5.41, 5.74) is 4.47. The third-order valence-corrected chi connectivity index (χ3v) is 9.26. The number of carbonyl (C=O) groups excluding carboxylic acids is 1. The molecule has 0 aromatic heterocycles. The molecule has 1 fully saturated rings. The van der Waals surface area contributed by atoms with Gasteiger partial charge in [0.15, 0.2) is 0 Å². The molecule has 3 aromatic rings. The maximum absolute atomic E-state index is 13.7. The third kappa shape index (κ3) is 5.60. The first-order chi connectivity index (χ1) is 19.7. The molecule has 7 heteroatoms. The number of amides is 1. The van der Waals surface area contributed by atoms with E-state index in [0.717, 1.165) is 49.0 Å². The Morgan fingerprint density at radius 1 is 1.02 bits per heavy atom. The Labute approximate surface area is 246 Å². The van der Waals surface area contributed by atoms with E-state index in [1.165, 1.54) is 16.0 Å². The molecule has 2 aliphatic heterocycles. The molecule has 0 bridgehead atoms. The van der Waals surface area contributed by atoms with Gasteiger partial charge in [0.05, 0.1) is 12.2 Å². The Morgan fingerprint density at radius 3 is 2.59 bits per heavy atom. The van der Waals surface area contributed by atoms with Crippen molar-refractivity contribution in [1.82, 2.24) is 4.90 Å². The van der Waals surface area contributed by atoms with Crippen LogP contribution < -0.4 is 4.74 Å². The zero-order chi connectivity index (χ0) is 28.7. The van der Waals surface area contributed by atoms with Gasteiger partial charge in [-0.2, -0.15) is 0 Å². The average Bonchev–Trinajstić information content (AvgIpc) is 2.94. The molecule has 3 aromatic carbocycles. The van der Waals surface area contributed by atoms with Crippen LogP contribution in [0.15, 0.2) is 66.7 Å². The van der Waals surface area contributed by atoms with E-state index in [1.807, 2.05) is 12.1 Å². The highest BCUT2D eigenvalue weighted by Gasteiger charge is 2.51. The second-order valence-electron chi connectivity index (χ2n) is 12.1. The van der Waals surface area contributed by atoms with Crippen molar-refractivity contribution in [2.24, 2.45) is 5.92 Å². The van der Waals surface area contributed by atoms with Gasteiger partial charge in [-0.1, -0.05) is 54.4 Å². The van der Waals surface area contributed by atoms with Crippen molar-refractivity contribution in [1.29, 1.82) is 0 Å². The fraction of sp³-hybridized carbons (Fsp3) is 0.412. The Hall–Kier alpha value is -3.35. The number of halogens is 1. The van der Waals surface area contributed by atoms with Crippen molar-refractivity contribution in [3.05, 3.63) is 99.6 Å². The number of hydrogen-bond acceptors (Lipinski definition) is 4. The van der Waals surface area contributed by atoms with Crippen LogP contribution in [-0.4, -0.2) is 40.1 Å². The van der Waals surface area contributed by atoms with Crippen LogP contribution in [-0.2, 0) is 22.5 Å². The molecule has 1 N–H and O–H groups in total. The van der Waals surface area contributed by atoms with E-state index in [9.17, 15) is 14.7 Å². The molecule has 0 unspecified atom stereocenters. The van der Waals surface area contributed by atoms with Crippen LogP contribution in [0.25, 0.3) is 0 Å². The molecule has 214 valence electrons. The molecule has 2 heterocycles. The van der Waals surface area contributed by atoms with Crippen LogP contribution in [0.2, 0.25) is 5.02 Å². The Kier molecular flexibility index (Phi) is 7.56. The first kappa shape index (κ1) is 27.8. The van der Waals surface area contributed by atoms with Gasteiger partial charge in [-0.15, -0.1) is 0 Å². The molecule has 6 nitrogen and oxygen atoms in total. The van der Waals surface area contributed by atoms with Crippen molar-refractivity contribution in [2.45, 2.75) is 76.2 Å². The summed E-state index contributed by atoms with van der Waals surface area (Å²) >= 11 is 6.02. The lowest BCUT2D eigenvalue weighted by Gasteiger charge is -2.52. The van der Waals surface area contributed by atoms with Gasteiger partial charge in [-0.25, -0.2) is 0 Å². The van der Waals surface area contributed by atoms with E-state index in [1.54, 1.807) is 30.3 Å². The van der Waals surface area contributed by atoms with Gasteiger partial charge in [-0.3, -0.25) is 9.59 Å². The number of aliphatic carboxylic acids is 1. The lowest BCUT2D eigenvalue weighted by Crippen LogP contribution is -2.50. The van der Waals surface area contributed by atoms with Crippen molar-refractivity contribution in [3.63, 3.8) is 0 Å². The molecule has 0 saturated carbocycles. The zero-order valence-electron chi connectivity index (χ0n) is 23.5. The van der Waals surface area contributed by atoms with E-state index in [-0.39, 0.29) is 30.6 Å². The van der Waals surface area contributed by atoms with Gasteiger partial charge < -0.3 is 19.5 Å². The highest BCUT2D eigenvalue weighted by molar-refractivity contribution is 6.30. The third-order valence-electron chi connectivity index (χ3n) is 9.01. The van der Waals surface area contributed by atoms with Crippen LogP contribution in [0.3, 0.4) is 0 Å². The second-order valence-corrected chi connectivity index (χ2v) is 12.6. The summed E-state index contributed by atoms with van der Waals surface area (Å²) in [6, 6.07) is 21.3. The molecule has 3 aliphatic rings. The van der Waals surface area contributed by atoms with E-state index >= 15 is 0 Å². The van der Waals surface area contributed by atoms with Gasteiger partial charge in [0.1, 0.15) is 17.9 Å². The van der Waals surface area contributed by atoms with Crippen molar-refractivity contribution >= 4 is 23.5 Å². The predicted octanol–water partition coefficient (Wildman–Crippen LogP) is 7.19. The minimum absolute atomic E-state index is 0.0900. The molecular weight excluding hydrogens is 538 g/mol. The summed E-state index contributed by atoms with van der Waals surface area (Å²) in [6.07, 6.45) is 5.20. The van der Waals surface area contributed by atoms with Crippen molar-refractivity contribution in [3.8, 4) is 5.75 Å². The number of hydrogen-bond donors (Lipinski definition) is 1. The van der Waals surface area contributed by atoms with Crippen LogP contribution in [0.4, 0.5) is 0 Å². The molecule has 4 atom stereocenters. The first-order valence-corrected chi connectivity index (χ1v) is 14.9. The van der Waals surface area contributed by atoms with Crippen LogP contribution in [0, 0.1) is 5.92 Å². The summed E-state index contributed by atoms with van der Waals surface area (Å²) in [5.74, 6) is -0.299. The second kappa shape index (κ2) is 11.1. The number of carboxylic acid groups (broad SMARTS) is 1. The van der Waals surface area contributed by atoms with Crippen LogP contribution >= 0.6 is 11.6 Å². The van der Waals surface area contributed by atoms with Gasteiger partial charge in [0, 0.05) is 34.5 Å². The summed E-state index contributed by atoms with van der Waals surface area (Å²) in [5, 5.41) is 10.2. The zero-order valence-corrected chi connectivity index (χ0v) is 24.3. The Morgan fingerprint density at radius 2 is 1.80 bits per heavy atom. The summed E-state index contributed by atoms with van der Waals surface area (Å²) in [7, 11) is 0. The van der Waals surface area contributed by atoms with E-state index in [0.29, 0.717) is 16.5 Å². The standard InChI is InChI=1S/C34H36ClNO5/c1-34(2)28-18-26-25-9-5-3-7-22(25)8-4-6-10-29(26)40-32(28)27-17-23(13-16-30(27)41-34)33(39)36(20-31(37)38)19-21-11-14-24(35)15-12-21/h3,5,7,9,11-17,26,28-29,32H,4,6,8,10,18-20H2,1-2H3,(H,37,38)/t26-,28+,29+,32-/m0/s1. The topological polar surface area (TPSA) is 76.1 Å².